The molecule has 0 saturated carbocycles. The summed E-state index contributed by atoms with van der Waals surface area (Å²) in [6, 6.07) is 17.0. The van der Waals surface area contributed by atoms with Gasteiger partial charge in [-0.1, -0.05) is 56.1 Å². The normalized spacial score (nSPS) is 13.6. The maximum absolute atomic E-state index is 5.98. The summed E-state index contributed by atoms with van der Waals surface area (Å²) < 4.78 is 5.30. The van der Waals surface area contributed by atoms with Crippen molar-refractivity contribution in [1.82, 2.24) is 5.32 Å². The largest absolute Gasteiger partial charge is 0.497 e. The van der Waals surface area contributed by atoms with E-state index in [9.17, 15) is 0 Å². The van der Waals surface area contributed by atoms with E-state index in [0.717, 1.165) is 29.7 Å². The Kier molecular flexibility index (Phi) is 8.47. The number of halogens is 1. The van der Waals surface area contributed by atoms with Crippen LogP contribution < -0.4 is 10.1 Å². The van der Waals surface area contributed by atoms with Crippen LogP contribution in [0.1, 0.15) is 63.1 Å². The van der Waals surface area contributed by atoms with Gasteiger partial charge in [-0.05, 0) is 73.5 Å². The molecule has 0 radical (unpaired) electrons. The lowest BCUT2D eigenvalue weighted by Gasteiger charge is -2.21. The molecule has 0 fully saturated rings. The van der Waals surface area contributed by atoms with Crippen molar-refractivity contribution in [3.8, 4) is 5.75 Å². The zero-order chi connectivity index (χ0) is 18.9. The second kappa shape index (κ2) is 10.6. The Hall–Kier alpha value is -1.51. The van der Waals surface area contributed by atoms with Crippen LogP contribution in [-0.4, -0.2) is 13.7 Å². The highest BCUT2D eigenvalue weighted by Crippen LogP contribution is 2.28. The second-order valence-corrected chi connectivity index (χ2v) is 7.89. The van der Waals surface area contributed by atoms with Crippen LogP contribution in [0.25, 0.3) is 0 Å². The first-order chi connectivity index (χ1) is 12.5. The summed E-state index contributed by atoms with van der Waals surface area (Å²) in [6.07, 6.45) is 3.61. The fourth-order valence-electron chi connectivity index (χ4n) is 3.23. The number of rotatable bonds is 10. The molecule has 0 amide bonds. The Bertz CT molecular complexity index is 636. The zero-order valence-electron chi connectivity index (χ0n) is 16.5. The Morgan fingerprint density at radius 2 is 1.46 bits per heavy atom. The SMILES string of the molecule is COc1ccc([C@H](CCN[C@@H](C)c2ccc(Cl)cc2)CCC(C)C)cc1. The molecule has 2 nitrogen and oxygen atoms in total. The predicted octanol–water partition coefficient (Wildman–Crippen LogP) is 6.61. The minimum absolute atomic E-state index is 0.328. The molecule has 2 aromatic carbocycles. The van der Waals surface area contributed by atoms with Gasteiger partial charge in [0, 0.05) is 11.1 Å². The van der Waals surface area contributed by atoms with Crippen LogP contribution in [0.2, 0.25) is 5.02 Å². The molecule has 26 heavy (non-hydrogen) atoms. The quantitative estimate of drug-likeness (QED) is 0.506. The molecule has 0 bridgehead atoms. The average molecular weight is 374 g/mol. The molecule has 1 N–H and O–H groups in total. The lowest BCUT2D eigenvalue weighted by atomic mass is 9.88. The van der Waals surface area contributed by atoms with Gasteiger partial charge in [0.1, 0.15) is 5.75 Å². The molecule has 0 aromatic heterocycles. The Balaban J connectivity index is 1.93. The van der Waals surface area contributed by atoms with Gasteiger partial charge >= 0.3 is 0 Å². The molecule has 2 rings (SSSR count). The summed E-state index contributed by atoms with van der Waals surface area (Å²) in [5, 5.41) is 4.45. The van der Waals surface area contributed by atoms with Crippen LogP contribution >= 0.6 is 11.6 Å². The summed E-state index contributed by atoms with van der Waals surface area (Å²) in [5.74, 6) is 2.23. The van der Waals surface area contributed by atoms with E-state index in [1.165, 1.54) is 24.0 Å². The van der Waals surface area contributed by atoms with Crippen LogP contribution in [-0.2, 0) is 0 Å². The van der Waals surface area contributed by atoms with Crippen LogP contribution in [0.5, 0.6) is 5.75 Å². The van der Waals surface area contributed by atoms with Gasteiger partial charge in [0.2, 0.25) is 0 Å². The minimum atomic E-state index is 0.328. The molecular weight excluding hydrogens is 342 g/mol. The van der Waals surface area contributed by atoms with Crippen LogP contribution in [0.4, 0.5) is 0 Å². The molecule has 0 spiro atoms. The minimum Gasteiger partial charge on any atom is -0.497 e. The Morgan fingerprint density at radius 3 is 2.04 bits per heavy atom. The topological polar surface area (TPSA) is 21.3 Å². The molecule has 0 aliphatic rings. The van der Waals surface area contributed by atoms with E-state index in [-0.39, 0.29) is 0 Å². The highest BCUT2D eigenvalue weighted by atomic mass is 35.5. The molecule has 142 valence electrons. The van der Waals surface area contributed by atoms with Gasteiger partial charge in [-0.15, -0.1) is 0 Å². The maximum atomic E-state index is 5.98. The Morgan fingerprint density at radius 1 is 0.846 bits per heavy atom. The molecular formula is C23H32ClNO. The van der Waals surface area contributed by atoms with Gasteiger partial charge in [-0.25, -0.2) is 0 Å². The van der Waals surface area contributed by atoms with Gasteiger partial charge in [0.15, 0.2) is 0 Å². The highest BCUT2D eigenvalue weighted by Gasteiger charge is 2.13. The van der Waals surface area contributed by atoms with Crippen LogP contribution in [0, 0.1) is 5.92 Å². The van der Waals surface area contributed by atoms with Gasteiger partial charge in [0.05, 0.1) is 7.11 Å². The van der Waals surface area contributed by atoms with E-state index >= 15 is 0 Å². The Labute approximate surface area is 163 Å². The standard InChI is InChI=1S/C23H32ClNO/c1-17(2)5-6-21(20-9-13-23(26-4)14-10-20)15-16-25-18(3)19-7-11-22(24)12-8-19/h7-14,17-18,21,25H,5-6,15-16H2,1-4H3/t18-,21-/m0/s1. The predicted molar refractivity (Wildman–Crippen MR) is 112 cm³/mol. The fourth-order valence-corrected chi connectivity index (χ4v) is 3.36. The van der Waals surface area contributed by atoms with E-state index in [0.29, 0.717) is 12.0 Å². The number of methoxy groups -OCH3 is 1. The summed E-state index contributed by atoms with van der Waals surface area (Å²) in [4.78, 5) is 0. The van der Waals surface area contributed by atoms with Gasteiger partial charge in [-0.2, -0.15) is 0 Å². The van der Waals surface area contributed by atoms with Crippen molar-refractivity contribution in [1.29, 1.82) is 0 Å². The van der Waals surface area contributed by atoms with Crippen molar-refractivity contribution >= 4 is 11.6 Å². The monoisotopic (exact) mass is 373 g/mol. The molecule has 2 atom stereocenters. The van der Waals surface area contributed by atoms with E-state index in [2.05, 4.69) is 62.5 Å². The fraction of sp³-hybridized carbons (Fsp3) is 0.478. The van der Waals surface area contributed by atoms with Crippen molar-refractivity contribution in [2.45, 2.75) is 52.0 Å². The van der Waals surface area contributed by atoms with Crippen LogP contribution in [0.3, 0.4) is 0 Å². The van der Waals surface area contributed by atoms with Gasteiger partial charge in [-0.3, -0.25) is 0 Å². The number of hydrogen-bond donors (Lipinski definition) is 1. The second-order valence-electron chi connectivity index (χ2n) is 7.46. The molecule has 2 aromatic rings. The van der Waals surface area contributed by atoms with Gasteiger partial charge in [0.25, 0.3) is 0 Å². The highest BCUT2D eigenvalue weighted by molar-refractivity contribution is 6.30. The smallest absolute Gasteiger partial charge is 0.118 e. The molecule has 0 aliphatic carbocycles. The van der Waals surface area contributed by atoms with Crippen molar-refractivity contribution < 1.29 is 4.74 Å². The third-order valence-corrected chi connectivity index (χ3v) is 5.24. The zero-order valence-corrected chi connectivity index (χ0v) is 17.2. The number of benzene rings is 2. The van der Waals surface area contributed by atoms with E-state index in [1.807, 2.05) is 12.1 Å². The first kappa shape index (κ1) is 20.8. The third-order valence-electron chi connectivity index (χ3n) is 4.99. The maximum Gasteiger partial charge on any atom is 0.118 e. The van der Waals surface area contributed by atoms with E-state index in [4.69, 9.17) is 16.3 Å². The van der Waals surface area contributed by atoms with Gasteiger partial charge < -0.3 is 10.1 Å². The summed E-state index contributed by atoms with van der Waals surface area (Å²) >= 11 is 5.98. The lowest BCUT2D eigenvalue weighted by Crippen LogP contribution is -2.21. The number of nitrogens with one attached hydrogen (secondary N) is 1. The first-order valence-electron chi connectivity index (χ1n) is 9.62. The summed E-state index contributed by atoms with van der Waals surface area (Å²) in [6.45, 7) is 7.80. The van der Waals surface area contributed by atoms with E-state index in [1.54, 1.807) is 7.11 Å². The molecule has 0 unspecified atom stereocenters. The van der Waals surface area contributed by atoms with Crippen molar-refractivity contribution in [3.63, 3.8) is 0 Å². The molecule has 0 aliphatic heterocycles. The average Bonchev–Trinajstić information content (AvgIpc) is 2.65. The third kappa shape index (κ3) is 6.66. The number of ether oxygens (including phenoxy) is 1. The molecule has 0 heterocycles. The van der Waals surface area contributed by atoms with Crippen LogP contribution in [0.15, 0.2) is 48.5 Å². The van der Waals surface area contributed by atoms with Crippen molar-refractivity contribution in [3.05, 3.63) is 64.7 Å². The van der Waals surface area contributed by atoms with E-state index < -0.39 is 0 Å². The molecule has 0 saturated heterocycles. The summed E-state index contributed by atoms with van der Waals surface area (Å²) in [7, 11) is 1.72. The van der Waals surface area contributed by atoms with Crippen molar-refractivity contribution in [2.24, 2.45) is 5.92 Å². The number of hydrogen-bond acceptors (Lipinski definition) is 2. The lowest BCUT2D eigenvalue weighted by molar-refractivity contribution is 0.414. The molecule has 3 heteroatoms. The van der Waals surface area contributed by atoms with Crippen molar-refractivity contribution in [2.75, 3.05) is 13.7 Å². The first-order valence-corrected chi connectivity index (χ1v) is 10.00. The summed E-state index contributed by atoms with van der Waals surface area (Å²) in [5.41, 5.74) is 2.69.